The van der Waals surface area contributed by atoms with Crippen LogP contribution in [0.3, 0.4) is 0 Å². The molecule has 3 rings (SSSR count). The predicted molar refractivity (Wildman–Crippen MR) is 103 cm³/mol. The van der Waals surface area contributed by atoms with Gasteiger partial charge in [0.25, 0.3) is 0 Å². The van der Waals surface area contributed by atoms with Crippen LogP contribution in [0.25, 0.3) is 0 Å². The number of carbonyl (C=O) groups is 2. The molecule has 1 aliphatic rings. The molecule has 2 amide bonds. The number of nitrogens with zero attached hydrogens (tertiary/aromatic N) is 1. The lowest BCUT2D eigenvalue weighted by Gasteiger charge is -2.19. The summed E-state index contributed by atoms with van der Waals surface area (Å²) in [6.45, 7) is 4.61. The number of hydrogen-bond acceptors (Lipinski definition) is 3. The van der Waals surface area contributed by atoms with Crippen molar-refractivity contribution in [1.82, 2.24) is 0 Å². The molecule has 1 atom stereocenters. The molecule has 0 bridgehead atoms. The van der Waals surface area contributed by atoms with E-state index < -0.39 is 0 Å². The zero-order valence-corrected chi connectivity index (χ0v) is 15.4. The van der Waals surface area contributed by atoms with Crippen molar-refractivity contribution in [2.24, 2.45) is 5.92 Å². The van der Waals surface area contributed by atoms with Crippen LogP contribution in [0.15, 0.2) is 48.5 Å². The van der Waals surface area contributed by atoms with Crippen LogP contribution in [0.5, 0.6) is 5.75 Å². The van der Waals surface area contributed by atoms with Gasteiger partial charge in [0.2, 0.25) is 11.8 Å². The van der Waals surface area contributed by atoms with Crippen LogP contribution < -0.4 is 15.0 Å². The van der Waals surface area contributed by atoms with Gasteiger partial charge in [-0.2, -0.15) is 0 Å². The molecule has 5 nitrogen and oxygen atoms in total. The third-order valence-corrected chi connectivity index (χ3v) is 4.72. The van der Waals surface area contributed by atoms with E-state index >= 15 is 0 Å². The first-order valence-electron chi connectivity index (χ1n) is 8.83. The number of benzene rings is 2. The molecule has 0 radical (unpaired) electrons. The SMILES string of the molecule is COc1ccccc1N1C[C@@H](C(=O)Nc2ccc(C(C)C)cc2)CC1=O. The first kappa shape index (κ1) is 18.0. The van der Waals surface area contributed by atoms with Crippen LogP contribution in [0.2, 0.25) is 0 Å². The summed E-state index contributed by atoms with van der Waals surface area (Å²) in [5, 5.41) is 2.92. The summed E-state index contributed by atoms with van der Waals surface area (Å²) in [5.74, 6) is 0.503. The van der Waals surface area contributed by atoms with Crippen molar-refractivity contribution in [2.75, 3.05) is 23.9 Å². The molecule has 0 saturated carbocycles. The van der Waals surface area contributed by atoms with Crippen molar-refractivity contribution < 1.29 is 14.3 Å². The lowest BCUT2D eigenvalue weighted by atomic mass is 10.0. The molecule has 0 aliphatic carbocycles. The van der Waals surface area contributed by atoms with Crippen LogP contribution in [0.4, 0.5) is 11.4 Å². The van der Waals surface area contributed by atoms with Gasteiger partial charge in [-0.05, 0) is 35.7 Å². The Hall–Kier alpha value is -2.82. The standard InChI is InChI=1S/C21H24N2O3/c1-14(2)15-8-10-17(11-9-15)22-21(25)16-12-20(24)23(13-16)18-6-4-5-7-19(18)26-3/h4-11,14,16H,12-13H2,1-3H3,(H,22,25)/t16-/m0/s1. The van der Waals surface area contributed by atoms with E-state index in [1.807, 2.05) is 48.5 Å². The highest BCUT2D eigenvalue weighted by Crippen LogP contribution is 2.33. The molecule has 1 N–H and O–H groups in total. The largest absolute Gasteiger partial charge is 0.495 e. The summed E-state index contributed by atoms with van der Waals surface area (Å²) in [5.41, 5.74) is 2.68. The maximum Gasteiger partial charge on any atom is 0.229 e. The third-order valence-electron chi connectivity index (χ3n) is 4.72. The van der Waals surface area contributed by atoms with E-state index in [-0.39, 0.29) is 24.2 Å². The molecule has 0 aromatic heterocycles. The molecular weight excluding hydrogens is 328 g/mol. The lowest BCUT2D eigenvalue weighted by molar-refractivity contribution is -0.122. The predicted octanol–water partition coefficient (Wildman–Crippen LogP) is 3.81. The molecule has 2 aromatic carbocycles. The highest BCUT2D eigenvalue weighted by molar-refractivity contribution is 6.04. The average molecular weight is 352 g/mol. The van der Waals surface area contributed by atoms with Gasteiger partial charge in [0, 0.05) is 18.7 Å². The second-order valence-electron chi connectivity index (χ2n) is 6.84. The number of methoxy groups -OCH3 is 1. The fraction of sp³-hybridized carbons (Fsp3) is 0.333. The minimum atomic E-state index is -0.378. The maximum absolute atomic E-state index is 12.6. The zero-order chi connectivity index (χ0) is 18.7. The van der Waals surface area contributed by atoms with E-state index in [0.717, 1.165) is 5.69 Å². The topological polar surface area (TPSA) is 58.6 Å². The molecule has 5 heteroatoms. The first-order chi connectivity index (χ1) is 12.5. The van der Waals surface area contributed by atoms with Crippen LogP contribution in [-0.2, 0) is 9.59 Å². The van der Waals surface area contributed by atoms with Crippen LogP contribution >= 0.6 is 0 Å². The molecular formula is C21H24N2O3. The quantitative estimate of drug-likeness (QED) is 0.890. The summed E-state index contributed by atoms with van der Waals surface area (Å²) in [6.07, 6.45) is 0.202. The molecule has 0 unspecified atom stereocenters. The van der Waals surface area contributed by atoms with Crippen LogP contribution in [0.1, 0.15) is 31.7 Å². The summed E-state index contributed by atoms with van der Waals surface area (Å²) in [6, 6.07) is 15.2. The highest BCUT2D eigenvalue weighted by Gasteiger charge is 2.36. The molecule has 1 saturated heterocycles. The summed E-state index contributed by atoms with van der Waals surface area (Å²) >= 11 is 0. The van der Waals surface area contributed by atoms with Gasteiger partial charge < -0.3 is 15.0 Å². The number of ether oxygens (including phenoxy) is 1. The Balaban J connectivity index is 1.69. The van der Waals surface area contributed by atoms with Crippen molar-refractivity contribution >= 4 is 23.2 Å². The Morgan fingerprint density at radius 1 is 1.15 bits per heavy atom. The molecule has 2 aromatic rings. The first-order valence-corrected chi connectivity index (χ1v) is 8.83. The monoisotopic (exact) mass is 352 g/mol. The minimum Gasteiger partial charge on any atom is -0.495 e. The number of amides is 2. The molecule has 1 fully saturated rings. The molecule has 1 aliphatic heterocycles. The lowest BCUT2D eigenvalue weighted by Crippen LogP contribution is -2.28. The number of para-hydroxylation sites is 2. The maximum atomic E-state index is 12.6. The molecule has 1 heterocycles. The second kappa shape index (κ2) is 7.60. The Morgan fingerprint density at radius 2 is 1.85 bits per heavy atom. The van der Waals surface area contributed by atoms with Gasteiger partial charge in [-0.15, -0.1) is 0 Å². The normalized spacial score (nSPS) is 16.8. The van der Waals surface area contributed by atoms with E-state index in [4.69, 9.17) is 4.74 Å². The molecule has 26 heavy (non-hydrogen) atoms. The summed E-state index contributed by atoms with van der Waals surface area (Å²) in [4.78, 5) is 26.6. The Kier molecular flexibility index (Phi) is 5.26. The van der Waals surface area contributed by atoms with Crippen molar-refractivity contribution in [1.29, 1.82) is 0 Å². The van der Waals surface area contributed by atoms with Crippen molar-refractivity contribution in [3.05, 3.63) is 54.1 Å². The summed E-state index contributed by atoms with van der Waals surface area (Å²) < 4.78 is 5.33. The Morgan fingerprint density at radius 3 is 2.50 bits per heavy atom. The number of hydrogen-bond donors (Lipinski definition) is 1. The van der Waals surface area contributed by atoms with Gasteiger partial charge in [-0.25, -0.2) is 0 Å². The van der Waals surface area contributed by atoms with Crippen molar-refractivity contribution in [2.45, 2.75) is 26.2 Å². The Bertz CT molecular complexity index is 799. The van der Waals surface area contributed by atoms with Crippen LogP contribution in [-0.4, -0.2) is 25.5 Å². The number of carbonyl (C=O) groups excluding carboxylic acids is 2. The van der Waals surface area contributed by atoms with E-state index in [1.54, 1.807) is 12.0 Å². The minimum absolute atomic E-state index is 0.0650. The van der Waals surface area contributed by atoms with Gasteiger partial charge in [-0.1, -0.05) is 38.1 Å². The fourth-order valence-electron chi connectivity index (χ4n) is 3.16. The van der Waals surface area contributed by atoms with Crippen molar-refractivity contribution in [3.63, 3.8) is 0 Å². The van der Waals surface area contributed by atoms with E-state index in [9.17, 15) is 9.59 Å². The number of rotatable bonds is 5. The van der Waals surface area contributed by atoms with Gasteiger partial charge in [-0.3, -0.25) is 9.59 Å². The van der Waals surface area contributed by atoms with Gasteiger partial charge >= 0.3 is 0 Å². The van der Waals surface area contributed by atoms with E-state index in [2.05, 4.69) is 19.2 Å². The molecule has 0 spiro atoms. The van der Waals surface area contributed by atoms with E-state index in [0.29, 0.717) is 23.9 Å². The third kappa shape index (κ3) is 3.72. The van der Waals surface area contributed by atoms with Gasteiger partial charge in [0.1, 0.15) is 5.75 Å². The smallest absolute Gasteiger partial charge is 0.229 e. The van der Waals surface area contributed by atoms with Crippen molar-refractivity contribution in [3.8, 4) is 5.75 Å². The fourth-order valence-corrected chi connectivity index (χ4v) is 3.16. The zero-order valence-electron chi connectivity index (χ0n) is 15.4. The van der Waals surface area contributed by atoms with Crippen LogP contribution in [0, 0.1) is 5.92 Å². The summed E-state index contributed by atoms with van der Waals surface area (Å²) in [7, 11) is 1.57. The number of anilines is 2. The van der Waals surface area contributed by atoms with Gasteiger partial charge in [0.15, 0.2) is 0 Å². The van der Waals surface area contributed by atoms with E-state index in [1.165, 1.54) is 5.56 Å². The average Bonchev–Trinajstić information content (AvgIpc) is 3.04. The molecule has 136 valence electrons. The van der Waals surface area contributed by atoms with Gasteiger partial charge in [0.05, 0.1) is 18.7 Å². The second-order valence-corrected chi connectivity index (χ2v) is 6.84. The number of nitrogens with one attached hydrogen (secondary N) is 1. The highest BCUT2D eigenvalue weighted by atomic mass is 16.5. The Labute approximate surface area is 154 Å².